The first-order chi connectivity index (χ1) is 5.00. The van der Waals surface area contributed by atoms with Gasteiger partial charge in [0, 0.05) is 0 Å². The Balaban J connectivity index is -0.0000000333. The van der Waals surface area contributed by atoms with E-state index < -0.39 is 0 Å². The van der Waals surface area contributed by atoms with Gasteiger partial charge >= 0.3 is 26.2 Å². The SMILES string of the molecule is Cl.Cl.[C-]1=CC=CC1.[CH3-].[CH3-].[Zr+4].[c-]1ccc[nH]1. The summed E-state index contributed by atoms with van der Waals surface area (Å²) in [5, 5.41) is 0. The van der Waals surface area contributed by atoms with E-state index in [9.17, 15) is 0 Å². The molecule has 1 aliphatic rings. The molecule has 0 saturated heterocycles. The molecular formula is C11H17Cl2NZr. The van der Waals surface area contributed by atoms with Gasteiger partial charge in [0.15, 0.2) is 0 Å². The summed E-state index contributed by atoms with van der Waals surface area (Å²) < 4.78 is 0. The summed E-state index contributed by atoms with van der Waals surface area (Å²) >= 11 is 0. The Hall–Kier alpha value is 0.223. The first-order valence-electron chi connectivity index (χ1n) is 3.21. The first kappa shape index (κ1) is 29.5. The van der Waals surface area contributed by atoms with Crippen LogP contribution >= 0.6 is 24.8 Å². The number of aromatic amines is 1. The Morgan fingerprint density at radius 2 is 1.80 bits per heavy atom. The van der Waals surface area contributed by atoms with Crippen LogP contribution in [0, 0.1) is 27.1 Å². The van der Waals surface area contributed by atoms with E-state index in [1.165, 1.54) is 0 Å². The van der Waals surface area contributed by atoms with E-state index in [1.54, 1.807) is 0 Å². The van der Waals surface area contributed by atoms with Gasteiger partial charge in [0.1, 0.15) is 0 Å². The van der Waals surface area contributed by atoms with Crippen molar-refractivity contribution in [3.05, 3.63) is 63.7 Å². The summed E-state index contributed by atoms with van der Waals surface area (Å²) in [5.41, 5.74) is 0. The molecule has 0 radical (unpaired) electrons. The molecule has 0 fully saturated rings. The van der Waals surface area contributed by atoms with Gasteiger partial charge in [-0.1, -0.05) is 0 Å². The maximum absolute atomic E-state index is 2.99. The molecule has 0 amide bonds. The molecule has 0 atom stereocenters. The van der Waals surface area contributed by atoms with Crippen LogP contribution in [0.3, 0.4) is 0 Å². The standard InChI is InChI=1S/C5H5.C4H4N.2CH3.2ClH.Zr/c2*1-2-4-5-3-1;;;;;/h1-3H,4H2;1-3,5H;2*1H3;2*1H;/q4*-1;;;+4. The molecular weight excluding hydrogens is 308 g/mol. The third kappa shape index (κ3) is 20.3. The predicted octanol–water partition coefficient (Wildman–Crippen LogP) is 3.86. The van der Waals surface area contributed by atoms with Crippen LogP contribution < -0.4 is 0 Å². The summed E-state index contributed by atoms with van der Waals surface area (Å²) in [7, 11) is 0. The molecule has 0 spiro atoms. The molecule has 15 heavy (non-hydrogen) atoms. The molecule has 84 valence electrons. The Labute approximate surface area is 125 Å². The van der Waals surface area contributed by atoms with Crippen molar-refractivity contribution in [2.45, 2.75) is 6.42 Å². The summed E-state index contributed by atoms with van der Waals surface area (Å²) in [5.74, 6) is 0. The Bertz CT molecular complexity index is 181. The fourth-order valence-corrected chi connectivity index (χ4v) is 0.581. The van der Waals surface area contributed by atoms with Crippen molar-refractivity contribution >= 4 is 24.8 Å². The van der Waals surface area contributed by atoms with Gasteiger partial charge in [-0.15, -0.1) is 37.4 Å². The van der Waals surface area contributed by atoms with Crippen LogP contribution in [0.15, 0.2) is 36.6 Å². The maximum Gasteiger partial charge on any atom is 4.00 e. The Morgan fingerprint density at radius 3 is 1.93 bits per heavy atom. The molecule has 4 heteroatoms. The van der Waals surface area contributed by atoms with Gasteiger partial charge in [0.25, 0.3) is 0 Å². The average molecular weight is 325 g/mol. The minimum absolute atomic E-state index is 0. The van der Waals surface area contributed by atoms with Crippen LogP contribution in [0.1, 0.15) is 6.42 Å². The van der Waals surface area contributed by atoms with Crippen molar-refractivity contribution in [1.29, 1.82) is 0 Å². The van der Waals surface area contributed by atoms with Crippen LogP contribution in [0.2, 0.25) is 0 Å². The minimum atomic E-state index is 0. The number of H-pyrrole nitrogens is 1. The van der Waals surface area contributed by atoms with E-state index >= 15 is 0 Å². The smallest absolute Gasteiger partial charge is 0.484 e. The molecule has 1 N–H and O–H groups in total. The zero-order chi connectivity index (χ0) is 7.07. The monoisotopic (exact) mass is 323 g/mol. The minimum Gasteiger partial charge on any atom is -0.484 e. The molecule has 1 aromatic rings. The topological polar surface area (TPSA) is 15.8 Å². The Morgan fingerprint density at radius 1 is 1.13 bits per heavy atom. The van der Waals surface area contributed by atoms with Crippen molar-refractivity contribution in [3.63, 3.8) is 0 Å². The Kier molecular flexibility index (Phi) is 46.7. The summed E-state index contributed by atoms with van der Waals surface area (Å²) in [4.78, 5) is 2.74. The predicted molar refractivity (Wildman–Crippen MR) is 68.5 cm³/mol. The molecule has 1 aliphatic carbocycles. The van der Waals surface area contributed by atoms with Gasteiger partial charge < -0.3 is 19.8 Å². The van der Waals surface area contributed by atoms with Crippen molar-refractivity contribution in [2.75, 3.05) is 0 Å². The van der Waals surface area contributed by atoms with Crippen LogP contribution in [0.5, 0.6) is 0 Å². The fourth-order valence-electron chi connectivity index (χ4n) is 0.581. The van der Waals surface area contributed by atoms with Crippen LogP contribution in [0.25, 0.3) is 0 Å². The van der Waals surface area contributed by atoms with E-state index in [1.807, 2.05) is 30.5 Å². The molecule has 0 aliphatic heterocycles. The number of rotatable bonds is 0. The van der Waals surface area contributed by atoms with Crippen molar-refractivity contribution in [1.82, 2.24) is 4.98 Å². The van der Waals surface area contributed by atoms with Crippen molar-refractivity contribution in [3.8, 4) is 0 Å². The molecule has 1 aromatic heterocycles. The number of hydrogen-bond donors (Lipinski definition) is 1. The third-order valence-electron chi connectivity index (χ3n) is 1.03. The average Bonchev–Trinajstić information content (AvgIpc) is 2.67. The normalized spacial score (nSPS) is 8.53. The molecule has 0 saturated carbocycles. The quantitative estimate of drug-likeness (QED) is 0.697. The van der Waals surface area contributed by atoms with Crippen molar-refractivity contribution in [2.24, 2.45) is 0 Å². The number of allylic oxidation sites excluding steroid dienone is 4. The first-order valence-corrected chi connectivity index (χ1v) is 3.21. The van der Waals surface area contributed by atoms with E-state index in [0.29, 0.717) is 0 Å². The molecule has 0 unspecified atom stereocenters. The second kappa shape index (κ2) is 23.8. The summed E-state index contributed by atoms with van der Waals surface area (Å²) in [6, 6.07) is 3.71. The largest absolute Gasteiger partial charge is 4.00 e. The second-order valence-corrected chi connectivity index (χ2v) is 1.82. The third-order valence-corrected chi connectivity index (χ3v) is 1.03. The molecule has 0 bridgehead atoms. The zero-order valence-electron chi connectivity index (χ0n) is 8.99. The maximum atomic E-state index is 2.99. The van der Waals surface area contributed by atoms with E-state index in [-0.39, 0.29) is 65.9 Å². The van der Waals surface area contributed by atoms with E-state index in [2.05, 4.69) is 23.3 Å². The summed E-state index contributed by atoms with van der Waals surface area (Å²) in [6.45, 7) is 0. The van der Waals surface area contributed by atoms with Gasteiger partial charge in [-0.05, 0) is 0 Å². The van der Waals surface area contributed by atoms with E-state index in [0.717, 1.165) is 6.42 Å². The second-order valence-electron chi connectivity index (χ2n) is 1.82. The van der Waals surface area contributed by atoms with Crippen LogP contribution in [-0.4, -0.2) is 4.98 Å². The van der Waals surface area contributed by atoms with E-state index in [4.69, 9.17) is 0 Å². The number of aromatic nitrogens is 1. The van der Waals surface area contributed by atoms with Crippen LogP contribution in [0.4, 0.5) is 0 Å². The summed E-state index contributed by atoms with van der Waals surface area (Å²) in [6.07, 6.45) is 14.6. The molecule has 1 heterocycles. The molecule has 0 aromatic carbocycles. The van der Waals surface area contributed by atoms with Crippen molar-refractivity contribution < 1.29 is 26.2 Å². The van der Waals surface area contributed by atoms with Gasteiger partial charge in [-0.3, -0.25) is 6.08 Å². The van der Waals surface area contributed by atoms with Gasteiger partial charge in [0.2, 0.25) is 0 Å². The molecule has 2 rings (SSSR count). The number of hydrogen-bond acceptors (Lipinski definition) is 0. The fraction of sp³-hybridized carbons (Fsp3) is 0.0909. The molecule has 1 nitrogen and oxygen atoms in total. The van der Waals surface area contributed by atoms with Gasteiger partial charge in [-0.2, -0.15) is 24.4 Å². The van der Waals surface area contributed by atoms with Gasteiger partial charge in [0.05, 0.1) is 0 Å². The van der Waals surface area contributed by atoms with Gasteiger partial charge in [-0.25, -0.2) is 12.2 Å². The number of halogens is 2. The number of nitrogens with one attached hydrogen (secondary N) is 1. The van der Waals surface area contributed by atoms with Crippen LogP contribution in [-0.2, 0) is 26.2 Å². The zero-order valence-corrected chi connectivity index (χ0v) is 13.1.